The molecule has 3 N–H and O–H groups in total. The molecule has 2 aromatic rings. The number of piperidine rings is 1. The number of benzene rings is 2. The molecule has 1 saturated heterocycles. The van der Waals surface area contributed by atoms with Crippen molar-refractivity contribution in [3.05, 3.63) is 70.8 Å². The highest BCUT2D eigenvalue weighted by Crippen LogP contribution is 2.16. The Morgan fingerprint density at radius 3 is 2.15 bits per heavy atom. The van der Waals surface area contributed by atoms with Gasteiger partial charge in [0.1, 0.15) is 0 Å². The number of rotatable bonds is 4. The Kier molecular flexibility index (Phi) is 5.54. The molecule has 3 amide bonds. The minimum atomic E-state index is -0.515. The van der Waals surface area contributed by atoms with Gasteiger partial charge in [0.2, 0.25) is 5.91 Å². The summed E-state index contributed by atoms with van der Waals surface area (Å²) in [5, 5.41) is 3.07. The molecule has 0 spiro atoms. The fraction of sp³-hybridized carbons (Fsp3) is 0.286. The summed E-state index contributed by atoms with van der Waals surface area (Å²) < 4.78 is 0. The van der Waals surface area contributed by atoms with Gasteiger partial charge in [-0.1, -0.05) is 18.2 Å². The van der Waals surface area contributed by atoms with Crippen molar-refractivity contribution in [1.82, 2.24) is 10.2 Å². The number of carbonyl (C=O) groups is 3. The Morgan fingerprint density at radius 2 is 1.56 bits per heavy atom. The first kappa shape index (κ1) is 18.6. The van der Waals surface area contributed by atoms with Crippen LogP contribution >= 0.6 is 0 Å². The van der Waals surface area contributed by atoms with Gasteiger partial charge in [0.25, 0.3) is 11.8 Å². The SMILES string of the molecule is Cc1ccccc1C(=O)NC1CCN(C(=O)c2ccc(C(N)=O)cc2)CC1. The average Bonchev–Trinajstić information content (AvgIpc) is 2.68. The van der Waals surface area contributed by atoms with Crippen molar-refractivity contribution in [2.75, 3.05) is 13.1 Å². The van der Waals surface area contributed by atoms with Crippen molar-refractivity contribution in [2.45, 2.75) is 25.8 Å². The Bertz CT molecular complexity index is 853. The quantitative estimate of drug-likeness (QED) is 0.869. The second-order valence-electron chi connectivity index (χ2n) is 6.80. The molecular formula is C21H23N3O3. The maximum Gasteiger partial charge on any atom is 0.253 e. The number of amides is 3. The molecule has 27 heavy (non-hydrogen) atoms. The highest BCUT2D eigenvalue weighted by atomic mass is 16.2. The van der Waals surface area contributed by atoms with Crippen molar-refractivity contribution in [1.29, 1.82) is 0 Å². The highest BCUT2D eigenvalue weighted by Gasteiger charge is 2.25. The minimum absolute atomic E-state index is 0.0541. The summed E-state index contributed by atoms with van der Waals surface area (Å²) in [7, 11) is 0. The molecule has 0 atom stereocenters. The minimum Gasteiger partial charge on any atom is -0.366 e. The van der Waals surface area contributed by atoms with Crippen molar-refractivity contribution in [3.63, 3.8) is 0 Å². The fourth-order valence-electron chi connectivity index (χ4n) is 3.28. The monoisotopic (exact) mass is 365 g/mol. The van der Waals surface area contributed by atoms with E-state index >= 15 is 0 Å². The first-order valence-corrected chi connectivity index (χ1v) is 9.01. The van der Waals surface area contributed by atoms with E-state index in [1.54, 1.807) is 29.2 Å². The van der Waals surface area contributed by atoms with Crippen LogP contribution < -0.4 is 11.1 Å². The van der Waals surface area contributed by atoms with Crippen LogP contribution in [0.4, 0.5) is 0 Å². The molecule has 0 bridgehead atoms. The number of nitrogens with two attached hydrogens (primary N) is 1. The Morgan fingerprint density at radius 1 is 0.963 bits per heavy atom. The third kappa shape index (κ3) is 4.34. The van der Waals surface area contributed by atoms with Crippen molar-refractivity contribution < 1.29 is 14.4 Å². The van der Waals surface area contributed by atoms with Crippen LogP contribution in [0.25, 0.3) is 0 Å². The largest absolute Gasteiger partial charge is 0.366 e. The van der Waals surface area contributed by atoms with Crippen LogP contribution in [-0.2, 0) is 0 Å². The molecule has 0 radical (unpaired) electrons. The van der Waals surface area contributed by atoms with E-state index < -0.39 is 5.91 Å². The second-order valence-corrected chi connectivity index (χ2v) is 6.80. The molecule has 0 unspecified atom stereocenters. The van der Waals surface area contributed by atoms with Crippen LogP contribution in [0.2, 0.25) is 0 Å². The molecular weight excluding hydrogens is 342 g/mol. The molecule has 6 heteroatoms. The smallest absolute Gasteiger partial charge is 0.253 e. The molecule has 1 heterocycles. The fourth-order valence-corrected chi connectivity index (χ4v) is 3.28. The summed E-state index contributed by atoms with van der Waals surface area (Å²) in [4.78, 5) is 37.9. The molecule has 0 aliphatic carbocycles. The Balaban J connectivity index is 1.55. The molecule has 2 aromatic carbocycles. The lowest BCUT2D eigenvalue weighted by molar-refractivity contribution is 0.0697. The summed E-state index contributed by atoms with van der Waals surface area (Å²) in [6, 6.07) is 13.9. The first-order valence-electron chi connectivity index (χ1n) is 9.01. The van der Waals surface area contributed by atoms with Crippen molar-refractivity contribution >= 4 is 17.7 Å². The highest BCUT2D eigenvalue weighted by molar-refractivity contribution is 5.97. The maximum absolute atomic E-state index is 12.6. The molecule has 1 aliphatic heterocycles. The van der Waals surface area contributed by atoms with Gasteiger partial charge in [-0.05, 0) is 55.7 Å². The Hall–Kier alpha value is -3.15. The zero-order valence-electron chi connectivity index (χ0n) is 15.3. The summed E-state index contributed by atoms with van der Waals surface area (Å²) >= 11 is 0. The van der Waals surface area contributed by atoms with Crippen LogP contribution in [0.5, 0.6) is 0 Å². The van der Waals surface area contributed by atoms with E-state index in [0.29, 0.717) is 42.6 Å². The normalized spacial score (nSPS) is 14.6. The number of nitrogens with one attached hydrogen (secondary N) is 1. The van der Waals surface area contributed by atoms with E-state index in [1.807, 2.05) is 31.2 Å². The van der Waals surface area contributed by atoms with Crippen LogP contribution in [0, 0.1) is 6.92 Å². The van der Waals surface area contributed by atoms with Gasteiger partial charge in [-0.15, -0.1) is 0 Å². The van der Waals surface area contributed by atoms with Gasteiger partial charge in [0, 0.05) is 35.8 Å². The molecule has 140 valence electrons. The van der Waals surface area contributed by atoms with E-state index in [4.69, 9.17) is 5.73 Å². The van der Waals surface area contributed by atoms with E-state index in [-0.39, 0.29) is 17.9 Å². The van der Waals surface area contributed by atoms with Crippen LogP contribution in [0.3, 0.4) is 0 Å². The number of primary amides is 1. The van der Waals surface area contributed by atoms with Crippen LogP contribution in [-0.4, -0.2) is 41.8 Å². The van der Waals surface area contributed by atoms with Gasteiger partial charge in [-0.25, -0.2) is 0 Å². The first-order chi connectivity index (χ1) is 13.0. The van der Waals surface area contributed by atoms with E-state index in [9.17, 15) is 14.4 Å². The standard InChI is InChI=1S/C21H23N3O3/c1-14-4-2-3-5-18(14)20(26)23-17-10-12-24(13-11-17)21(27)16-8-6-15(7-9-16)19(22)25/h2-9,17H,10-13H2,1H3,(H2,22,25)(H,23,26). The molecule has 6 nitrogen and oxygen atoms in total. The van der Waals surface area contributed by atoms with E-state index in [1.165, 1.54) is 0 Å². The lowest BCUT2D eigenvalue weighted by Gasteiger charge is -2.32. The Labute approximate surface area is 158 Å². The zero-order chi connectivity index (χ0) is 19.4. The van der Waals surface area contributed by atoms with Gasteiger partial charge < -0.3 is 16.0 Å². The average molecular weight is 365 g/mol. The molecule has 3 rings (SSSR count). The number of carbonyl (C=O) groups excluding carboxylic acids is 3. The number of likely N-dealkylation sites (tertiary alicyclic amines) is 1. The lowest BCUT2D eigenvalue weighted by Crippen LogP contribution is -2.46. The zero-order valence-corrected chi connectivity index (χ0v) is 15.3. The third-order valence-electron chi connectivity index (χ3n) is 4.92. The number of aryl methyl sites for hydroxylation is 1. The summed E-state index contributed by atoms with van der Waals surface area (Å²) in [5.41, 5.74) is 7.76. The lowest BCUT2D eigenvalue weighted by atomic mass is 10.0. The predicted octanol–water partition coefficient (Wildman–Crippen LogP) is 2.13. The maximum atomic E-state index is 12.6. The molecule has 1 aliphatic rings. The molecule has 0 saturated carbocycles. The van der Waals surface area contributed by atoms with Crippen LogP contribution in [0.1, 0.15) is 49.5 Å². The van der Waals surface area contributed by atoms with Gasteiger partial charge in [-0.3, -0.25) is 14.4 Å². The second kappa shape index (κ2) is 8.03. The summed E-state index contributed by atoms with van der Waals surface area (Å²) in [6.07, 6.45) is 1.42. The number of hydrogen-bond acceptors (Lipinski definition) is 3. The summed E-state index contributed by atoms with van der Waals surface area (Å²) in [5.74, 6) is -0.658. The summed E-state index contributed by atoms with van der Waals surface area (Å²) in [6.45, 7) is 3.07. The molecule has 1 fully saturated rings. The van der Waals surface area contributed by atoms with E-state index in [2.05, 4.69) is 5.32 Å². The molecule has 0 aromatic heterocycles. The van der Waals surface area contributed by atoms with Crippen molar-refractivity contribution in [2.24, 2.45) is 5.73 Å². The third-order valence-corrected chi connectivity index (χ3v) is 4.92. The van der Waals surface area contributed by atoms with Gasteiger partial charge >= 0.3 is 0 Å². The topological polar surface area (TPSA) is 92.5 Å². The predicted molar refractivity (Wildman–Crippen MR) is 103 cm³/mol. The van der Waals surface area contributed by atoms with Gasteiger partial charge in [-0.2, -0.15) is 0 Å². The van der Waals surface area contributed by atoms with Gasteiger partial charge in [0.05, 0.1) is 0 Å². The van der Waals surface area contributed by atoms with Gasteiger partial charge in [0.15, 0.2) is 0 Å². The van der Waals surface area contributed by atoms with Crippen LogP contribution in [0.15, 0.2) is 48.5 Å². The van der Waals surface area contributed by atoms with Crippen molar-refractivity contribution in [3.8, 4) is 0 Å². The van der Waals surface area contributed by atoms with E-state index in [0.717, 1.165) is 5.56 Å². The number of hydrogen-bond donors (Lipinski definition) is 2. The number of nitrogens with zero attached hydrogens (tertiary/aromatic N) is 1.